The number of nitrogens with zero attached hydrogens (tertiary/aromatic N) is 4. The second-order valence-corrected chi connectivity index (χ2v) is 6.61. The van der Waals surface area contributed by atoms with Gasteiger partial charge in [0, 0.05) is 30.8 Å². The number of benzene rings is 1. The summed E-state index contributed by atoms with van der Waals surface area (Å²) >= 11 is 0. The number of aliphatic imine (C=N–C) groups is 1. The first-order valence-electron chi connectivity index (χ1n) is 8.46. The molecule has 30 heavy (non-hydrogen) atoms. The minimum Gasteiger partial charge on any atom is -0.278 e. The van der Waals surface area contributed by atoms with Crippen LogP contribution in [0.4, 0.5) is 32.0 Å². The Morgan fingerprint density at radius 2 is 1.57 bits per heavy atom. The third-order valence-corrected chi connectivity index (χ3v) is 4.75. The molecule has 0 saturated carbocycles. The summed E-state index contributed by atoms with van der Waals surface area (Å²) in [5.41, 5.74) is -1.46. The molecule has 1 unspecified atom stereocenters. The third-order valence-electron chi connectivity index (χ3n) is 4.75. The molecular formula is C19H11F6N4O+. The molecule has 0 spiro atoms. The molecular weight excluding hydrogens is 414 g/mol. The summed E-state index contributed by atoms with van der Waals surface area (Å²) in [6, 6.07) is 5.89. The molecule has 4 rings (SSSR count). The Morgan fingerprint density at radius 1 is 0.900 bits per heavy atom. The maximum Gasteiger partial charge on any atom is 0.433 e. The van der Waals surface area contributed by atoms with Crippen molar-refractivity contribution < 1.29 is 31.1 Å². The number of rotatable bonds is 2. The van der Waals surface area contributed by atoms with Crippen LogP contribution in [0, 0.1) is 0 Å². The van der Waals surface area contributed by atoms with Crippen molar-refractivity contribution in [3.05, 3.63) is 71.3 Å². The average molecular weight is 425 g/mol. The molecule has 0 saturated heterocycles. The molecule has 2 aliphatic rings. The predicted octanol–water partition coefficient (Wildman–Crippen LogP) is 4.69. The van der Waals surface area contributed by atoms with Crippen molar-refractivity contribution >= 4 is 23.0 Å². The van der Waals surface area contributed by atoms with E-state index in [-0.39, 0.29) is 22.8 Å². The van der Waals surface area contributed by atoms with E-state index in [9.17, 15) is 31.1 Å². The van der Waals surface area contributed by atoms with Crippen molar-refractivity contribution in [2.24, 2.45) is 10.1 Å². The van der Waals surface area contributed by atoms with E-state index in [0.717, 1.165) is 30.5 Å². The van der Waals surface area contributed by atoms with Gasteiger partial charge in [-0.15, -0.1) is 0 Å². The molecule has 1 aromatic heterocycles. The zero-order valence-corrected chi connectivity index (χ0v) is 15.1. The molecule has 0 N–H and O–H groups in total. The van der Waals surface area contributed by atoms with Gasteiger partial charge in [-0.05, 0) is 24.3 Å². The van der Waals surface area contributed by atoms with Crippen molar-refractivity contribution in [3.8, 4) is 0 Å². The van der Waals surface area contributed by atoms with E-state index in [2.05, 4.69) is 15.1 Å². The van der Waals surface area contributed by atoms with E-state index in [1.807, 2.05) is 0 Å². The summed E-state index contributed by atoms with van der Waals surface area (Å²) < 4.78 is 76.3. The van der Waals surface area contributed by atoms with Crippen LogP contribution in [-0.4, -0.2) is 22.3 Å². The third kappa shape index (κ3) is 2.93. The second-order valence-electron chi connectivity index (χ2n) is 6.61. The van der Waals surface area contributed by atoms with Crippen LogP contribution in [0.1, 0.15) is 23.7 Å². The lowest BCUT2D eigenvalue weighted by Gasteiger charge is -2.23. The lowest BCUT2D eigenvalue weighted by molar-refractivity contribution is -0.141. The highest BCUT2D eigenvalue weighted by molar-refractivity contribution is 6.73. The number of alkyl halides is 6. The Kier molecular flexibility index (Phi) is 4.21. The highest BCUT2D eigenvalue weighted by Gasteiger charge is 2.55. The van der Waals surface area contributed by atoms with Gasteiger partial charge in [0.05, 0.1) is 11.8 Å². The number of fused-ring (bicyclic) bond motifs is 1. The van der Waals surface area contributed by atoms with E-state index in [1.165, 1.54) is 18.3 Å². The number of hydrogen-bond acceptors (Lipinski definition) is 4. The average Bonchev–Trinajstić information content (AvgIpc) is 3.17. The number of halogens is 6. The minimum absolute atomic E-state index is 0.0438. The molecule has 2 aliphatic heterocycles. The lowest BCUT2D eigenvalue weighted by atomic mass is 10.1. The van der Waals surface area contributed by atoms with Gasteiger partial charge in [0.25, 0.3) is 5.78 Å². The highest BCUT2D eigenvalue weighted by atomic mass is 19.4. The first kappa shape index (κ1) is 20.0. The van der Waals surface area contributed by atoms with Crippen LogP contribution in [0.3, 0.4) is 0 Å². The number of amidine groups is 1. The lowest BCUT2D eigenvalue weighted by Crippen LogP contribution is -2.44. The number of carbonyl (C=O) groups excluding carboxylic acids is 1. The summed E-state index contributed by atoms with van der Waals surface area (Å²) in [4.78, 5) is 20.3. The van der Waals surface area contributed by atoms with Gasteiger partial charge < -0.3 is 0 Å². The summed E-state index contributed by atoms with van der Waals surface area (Å²) in [5.74, 6) is -0.730. The van der Waals surface area contributed by atoms with Crippen LogP contribution < -0.4 is 4.59 Å². The fourth-order valence-corrected chi connectivity index (χ4v) is 3.26. The van der Waals surface area contributed by atoms with Crippen molar-refractivity contribution in [2.75, 3.05) is 0 Å². The molecule has 0 radical (unpaired) electrons. The summed E-state index contributed by atoms with van der Waals surface area (Å²) in [5, 5.41) is 4.37. The number of aromatic nitrogens is 1. The standard InChI is InChI=1S/C19H11F6N4O/c1-10-8-27-17-16(30)15(11-2-7-14(26-9-11)19(23,24)25)28-29(10,17)13-5-3-12(4-6-13)18(20,21)22/h2-9H,1H3/q+1. The molecule has 154 valence electrons. The number of quaternary nitrogens is 1. The van der Waals surface area contributed by atoms with Gasteiger partial charge in [-0.25, -0.2) is 0 Å². The smallest absolute Gasteiger partial charge is 0.278 e. The molecule has 0 aliphatic carbocycles. The Hall–Kier alpha value is -3.34. The molecule has 11 heteroatoms. The largest absolute Gasteiger partial charge is 0.433 e. The van der Waals surface area contributed by atoms with Gasteiger partial charge >= 0.3 is 18.2 Å². The maximum atomic E-state index is 12.9. The highest BCUT2D eigenvalue weighted by Crippen LogP contribution is 2.40. The zero-order valence-electron chi connectivity index (χ0n) is 15.1. The molecule has 0 fully saturated rings. The monoisotopic (exact) mass is 425 g/mol. The van der Waals surface area contributed by atoms with Gasteiger partial charge in [0.15, 0.2) is 17.1 Å². The number of ketones is 1. The quantitative estimate of drug-likeness (QED) is 0.518. The minimum atomic E-state index is -4.64. The van der Waals surface area contributed by atoms with Crippen molar-refractivity contribution in [1.82, 2.24) is 9.58 Å². The van der Waals surface area contributed by atoms with Crippen LogP contribution in [0.2, 0.25) is 0 Å². The van der Waals surface area contributed by atoms with Gasteiger partial charge in [0.2, 0.25) is 0 Å². The van der Waals surface area contributed by atoms with E-state index in [0.29, 0.717) is 5.70 Å². The number of Topliss-reactive ketones (excluding diaryl/α,β-unsaturated/α-hetero) is 1. The number of hydrogen-bond donors (Lipinski definition) is 0. The molecule has 0 amide bonds. The van der Waals surface area contributed by atoms with Crippen LogP contribution in [0.5, 0.6) is 0 Å². The number of pyridine rings is 1. The maximum absolute atomic E-state index is 12.9. The van der Waals surface area contributed by atoms with Gasteiger partial charge in [-0.2, -0.15) is 31.3 Å². The SMILES string of the molecule is CC1=CN=C2C(=O)C(c3ccc(C(F)(F)F)nc3)=N[N+]12c1ccc(C(F)(F)F)cc1. The zero-order chi connectivity index (χ0) is 21.9. The molecule has 2 aromatic rings. The van der Waals surface area contributed by atoms with Crippen molar-refractivity contribution in [3.63, 3.8) is 0 Å². The van der Waals surface area contributed by atoms with Crippen molar-refractivity contribution in [1.29, 1.82) is 0 Å². The van der Waals surface area contributed by atoms with Crippen molar-refractivity contribution in [2.45, 2.75) is 19.3 Å². The van der Waals surface area contributed by atoms with E-state index < -0.39 is 34.0 Å². The Morgan fingerprint density at radius 3 is 2.10 bits per heavy atom. The van der Waals surface area contributed by atoms with Crippen LogP contribution in [0.25, 0.3) is 0 Å². The second kappa shape index (κ2) is 6.33. The molecule has 0 bridgehead atoms. The summed E-state index contributed by atoms with van der Waals surface area (Å²) in [7, 11) is 0. The topological polar surface area (TPSA) is 54.7 Å². The number of carbonyl (C=O) groups is 1. The van der Waals surface area contributed by atoms with Crippen LogP contribution in [0.15, 0.2) is 64.6 Å². The molecule has 3 heterocycles. The van der Waals surface area contributed by atoms with Gasteiger partial charge in [-0.1, -0.05) is 9.69 Å². The van der Waals surface area contributed by atoms with E-state index in [4.69, 9.17) is 0 Å². The first-order valence-corrected chi connectivity index (χ1v) is 8.46. The normalized spacial score (nSPS) is 21.3. The van der Waals surface area contributed by atoms with Crippen LogP contribution >= 0.6 is 0 Å². The molecule has 1 aromatic carbocycles. The van der Waals surface area contributed by atoms with Gasteiger partial charge in [0.1, 0.15) is 5.69 Å². The van der Waals surface area contributed by atoms with E-state index in [1.54, 1.807) is 6.92 Å². The van der Waals surface area contributed by atoms with E-state index >= 15 is 0 Å². The number of allylic oxidation sites excluding steroid dienone is 1. The Bertz CT molecular complexity index is 1130. The summed E-state index contributed by atoms with van der Waals surface area (Å²) in [6.45, 7) is 1.60. The van der Waals surface area contributed by atoms with Gasteiger partial charge in [-0.3, -0.25) is 9.78 Å². The Balaban J connectivity index is 1.81. The molecule has 5 nitrogen and oxygen atoms in total. The summed E-state index contributed by atoms with van der Waals surface area (Å²) in [6.07, 6.45) is -6.93. The Labute approximate surface area is 165 Å². The molecule has 1 atom stereocenters. The van der Waals surface area contributed by atoms with Crippen LogP contribution in [-0.2, 0) is 17.1 Å². The fraction of sp³-hybridized carbons (Fsp3) is 0.158. The fourth-order valence-electron chi connectivity index (χ4n) is 3.26. The predicted molar refractivity (Wildman–Crippen MR) is 95.2 cm³/mol. The first-order chi connectivity index (χ1) is 13.9.